The lowest BCUT2D eigenvalue weighted by atomic mass is 10.1. The van der Waals surface area contributed by atoms with Crippen molar-refractivity contribution in [3.63, 3.8) is 0 Å². The number of guanidine groups is 1. The standard InChI is InChI=1S/C19H25Cl2N7/c1-3-28-8-4-5-14(11-28)24-17-9-12(2)23-19(26-17)27-18(22)25-13-6-7-15(20)16(21)10-13/h6-7,9-10,14H,3-5,8,11H2,1-2H3,(H4,22,23,24,25,26,27)/p+2. The van der Waals surface area contributed by atoms with Crippen molar-refractivity contribution in [2.45, 2.75) is 32.7 Å². The number of rotatable bonds is 5. The molecular formula is C19H27Cl2N7+2. The van der Waals surface area contributed by atoms with E-state index in [2.05, 4.69) is 32.5 Å². The first-order valence-corrected chi connectivity index (χ1v) is 10.3. The molecule has 28 heavy (non-hydrogen) atoms. The van der Waals surface area contributed by atoms with E-state index in [9.17, 15) is 0 Å². The Morgan fingerprint density at radius 2 is 2.11 bits per heavy atom. The van der Waals surface area contributed by atoms with E-state index in [1.54, 1.807) is 23.1 Å². The lowest BCUT2D eigenvalue weighted by Crippen LogP contribution is -3.14. The highest BCUT2D eigenvalue weighted by atomic mass is 35.5. The number of nitrogens with zero attached hydrogens (tertiary/aromatic N) is 2. The number of nitrogens with two attached hydrogens (primary N) is 1. The molecule has 0 saturated carbocycles. The lowest BCUT2D eigenvalue weighted by Gasteiger charge is -2.29. The summed E-state index contributed by atoms with van der Waals surface area (Å²) in [5, 5.41) is 7.52. The highest BCUT2D eigenvalue weighted by Gasteiger charge is 2.22. The van der Waals surface area contributed by atoms with Crippen molar-refractivity contribution in [1.82, 2.24) is 9.97 Å². The second kappa shape index (κ2) is 9.41. The molecule has 2 unspecified atom stereocenters. The normalized spacial score (nSPS) is 20.1. The predicted octanol–water partition coefficient (Wildman–Crippen LogP) is 0.710. The Balaban J connectivity index is 1.71. The molecule has 1 aromatic heterocycles. The number of aromatic nitrogens is 2. The average Bonchev–Trinajstić information content (AvgIpc) is 2.64. The lowest BCUT2D eigenvalue weighted by molar-refractivity contribution is -0.903. The molecular weight excluding hydrogens is 397 g/mol. The Morgan fingerprint density at radius 3 is 2.86 bits per heavy atom. The number of benzene rings is 1. The highest BCUT2D eigenvalue weighted by molar-refractivity contribution is 6.42. The zero-order chi connectivity index (χ0) is 20.1. The van der Waals surface area contributed by atoms with Crippen LogP contribution in [-0.4, -0.2) is 41.6 Å². The fraction of sp³-hybridized carbons (Fsp3) is 0.421. The maximum atomic E-state index is 6.06. The molecule has 3 rings (SSSR count). The Labute approximate surface area is 175 Å². The summed E-state index contributed by atoms with van der Waals surface area (Å²) in [5.74, 6) is 1.54. The molecule has 0 amide bonds. The zero-order valence-corrected chi connectivity index (χ0v) is 17.7. The summed E-state index contributed by atoms with van der Waals surface area (Å²) in [4.78, 5) is 13.6. The first-order chi connectivity index (χ1) is 13.4. The van der Waals surface area contributed by atoms with Crippen molar-refractivity contribution in [3.05, 3.63) is 40.0 Å². The van der Waals surface area contributed by atoms with Crippen LogP contribution < -0.4 is 26.3 Å². The summed E-state index contributed by atoms with van der Waals surface area (Å²) in [6.07, 6.45) is 2.38. The van der Waals surface area contributed by atoms with E-state index in [1.807, 2.05) is 13.0 Å². The molecule has 0 radical (unpaired) electrons. The van der Waals surface area contributed by atoms with Crippen LogP contribution in [0.2, 0.25) is 10.0 Å². The van der Waals surface area contributed by atoms with Crippen molar-refractivity contribution in [2.75, 3.05) is 30.3 Å². The van der Waals surface area contributed by atoms with Gasteiger partial charge < -0.3 is 16.0 Å². The molecule has 2 atom stereocenters. The van der Waals surface area contributed by atoms with E-state index in [0.29, 0.717) is 28.0 Å². The molecule has 2 heterocycles. The van der Waals surface area contributed by atoms with Gasteiger partial charge in [0, 0.05) is 6.07 Å². The summed E-state index contributed by atoms with van der Waals surface area (Å²) in [7, 11) is 0. The van der Waals surface area contributed by atoms with Crippen molar-refractivity contribution in [2.24, 2.45) is 5.73 Å². The van der Waals surface area contributed by atoms with Gasteiger partial charge in [-0.15, -0.1) is 9.97 Å². The second-order valence-corrected chi connectivity index (χ2v) is 7.87. The molecule has 0 bridgehead atoms. The minimum Gasteiger partial charge on any atom is -0.353 e. The van der Waals surface area contributed by atoms with Gasteiger partial charge in [-0.25, -0.2) is 4.99 Å². The molecule has 1 saturated heterocycles. The minimum atomic E-state index is 0.300. The molecule has 1 aromatic carbocycles. The second-order valence-electron chi connectivity index (χ2n) is 7.05. The summed E-state index contributed by atoms with van der Waals surface area (Å²) in [5.41, 5.74) is 7.64. The molecule has 2 aromatic rings. The topological polar surface area (TPSA) is 94.3 Å². The quantitative estimate of drug-likeness (QED) is 0.360. The molecule has 1 fully saturated rings. The van der Waals surface area contributed by atoms with Crippen LogP contribution in [0.5, 0.6) is 0 Å². The smallest absolute Gasteiger partial charge is 0.353 e. The average molecular weight is 424 g/mol. The number of anilines is 2. The number of quaternary nitrogens is 1. The summed E-state index contributed by atoms with van der Waals surface area (Å²) < 4.78 is 0. The first kappa shape index (κ1) is 20.6. The SMILES string of the molecule is CC[NH+]1CCCC(Nc2cc(C)nc(/[NH+]=C(\N)Nc3ccc(Cl)c(Cl)c3)n2)C1. The van der Waals surface area contributed by atoms with Crippen LogP contribution in [0.4, 0.5) is 17.5 Å². The fourth-order valence-electron chi connectivity index (χ4n) is 3.38. The van der Waals surface area contributed by atoms with Gasteiger partial charge in [0.15, 0.2) is 5.82 Å². The summed E-state index contributed by atoms with van der Waals surface area (Å²) in [6.45, 7) is 7.67. The molecule has 1 aliphatic heterocycles. The number of halogens is 2. The molecule has 9 heteroatoms. The molecule has 7 nitrogen and oxygen atoms in total. The monoisotopic (exact) mass is 423 g/mol. The number of nitrogens with one attached hydrogen (secondary N) is 4. The Hall–Kier alpha value is -2.09. The summed E-state index contributed by atoms with van der Waals surface area (Å²) in [6, 6.07) is 7.57. The van der Waals surface area contributed by atoms with Crippen LogP contribution in [0.15, 0.2) is 24.3 Å². The van der Waals surface area contributed by atoms with Crippen LogP contribution >= 0.6 is 23.2 Å². The van der Waals surface area contributed by atoms with E-state index < -0.39 is 0 Å². The van der Waals surface area contributed by atoms with E-state index >= 15 is 0 Å². The number of hydrogen-bond acceptors (Lipinski definition) is 3. The molecule has 1 aliphatic rings. The van der Waals surface area contributed by atoms with Crippen LogP contribution in [0.25, 0.3) is 0 Å². The minimum absolute atomic E-state index is 0.300. The van der Waals surface area contributed by atoms with Gasteiger partial charge in [0.2, 0.25) is 0 Å². The van der Waals surface area contributed by atoms with Crippen LogP contribution in [0.1, 0.15) is 25.5 Å². The maximum Gasteiger partial charge on any atom is 0.355 e. The van der Waals surface area contributed by atoms with E-state index in [1.165, 1.54) is 13.0 Å². The largest absolute Gasteiger partial charge is 0.355 e. The van der Waals surface area contributed by atoms with Crippen LogP contribution in [0.3, 0.4) is 0 Å². The van der Waals surface area contributed by atoms with Gasteiger partial charge >= 0.3 is 5.95 Å². The molecule has 6 N–H and O–H groups in total. The van der Waals surface area contributed by atoms with Crippen molar-refractivity contribution in [3.8, 4) is 0 Å². The predicted molar refractivity (Wildman–Crippen MR) is 115 cm³/mol. The highest BCUT2D eigenvalue weighted by Crippen LogP contribution is 2.24. The third kappa shape index (κ3) is 5.70. The Kier molecular flexibility index (Phi) is 6.93. The zero-order valence-electron chi connectivity index (χ0n) is 16.1. The maximum absolute atomic E-state index is 6.06. The Bertz CT molecular complexity index is 856. The third-order valence-corrected chi connectivity index (χ3v) is 5.51. The van der Waals surface area contributed by atoms with Gasteiger partial charge in [0.25, 0.3) is 5.96 Å². The van der Waals surface area contributed by atoms with E-state index in [-0.39, 0.29) is 0 Å². The number of likely N-dealkylation sites (N-methyl/N-ethyl adjacent to an activating group) is 1. The molecule has 150 valence electrons. The van der Waals surface area contributed by atoms with E-state index in [4.69, 9.17) is 28.9 Å². The molecule has 0 aliphatic carbocycles. The van der Waals surface area contributed by atoms with E-state index in [0.717, 1.165) is 36.7 Å². The number of likely N-dealkylation sites (tertiary alicyclic amines) is 1. The van der Waals surface area contributed by atoms with Gasteiger partial charge in [0.1, 0.15) is 0 Å². The number of piperidine rings is 1. The van der Waals surface area contributed by atoms with Gasteiger partial charge in [-0.05, 0) is 44.9 Å². The number of aryl methyl sites for hydroxylation is 1. The number of hydrogen-bond donors (Lipinski definition) is 5. The van der Waals surface area contributed by atoms with Gasteiger partial charge in [-0.1, -0.05) is 23.2 Å². The van der Waals surface area contributed by atoms with Crippen molar-refractivity contribution >= 4 is 46.6 Å². The molecule has 0 spiro atoms. The first-order valence-electron chi connectivity index (χ1n) is 9.50. The Morgan fingerprint density at radius 1 is 1.29 bits per heavy atom. The summed E-state index contributed by atoms with van der Waals surface area (Å²) >= 11 is 12.0. The van der Waals surface area contributed by atoms with Crippen LogP contribution in [-0.2, 0) is 0 Å². The fourth-order valence-corrected chi connectivity index (χ4v) is 3.68. The van der Waals surface area contributed by atoms with Gasteiger partial charge in [-0.2, -0.15) is 0 Å². The van der Waals surface area contributed by atoms with Crippen molar-refractivity contribution in [1.29, 1.82) is 0 Å². The van der Waals surface area contributed by atoms with Crippen molar-refractivity contribution < 1.29 is 9.89 Å². The van der Waals surface area contributed by atoms with Gasteiger partial charge in [-0.3, -0.25) is 5.32 Å². The van der Waals surface area contributed by atoms with Gasteiger partial charge in [0.05, 0.1) is 47.1 Å². The third-order valence-electron chi connectivity index (χ3n) is 4.77. The van der Waals surface area contributed by atoms with Crippen LogP contribution in [0, 0.1) is 6.92 Å².